The van der Waals surface area contributed by atoms with Crippen molar-refractivity contribution in [1.29, 1.82) is 0 Å². The zero-order valence-electron chi connectivity index (χ0n) is 12.2. The van der Waals surface area contributed by atoms with Crippen molar-refractivity contribution in [2.24, 2.45) is 0 Å². The molecule has 2 aromatic carbocycles. The first-order valence-corrected chi connectivity index (χ1v) is 9.08. The molecule has 0 amide bonds. The quantitative estimate of drug-likeness (QED) is 0.546. The summed E-state index contributed by atoms with van der Waals surface area (Å²) in [6.45, 7) is 0. The zero-order chi connectivity index (χ0) is 17.1. The normalized spacial score (nSPS) is 10.8. The molecule has 0 aliphatic carbocycles. The number of nitrogens with zero attached hydrogens (tertiary/aromatic N) is 2. The van der Waals surface area contributed by atoms with Crippen LogP contribution in [-0.4, -0.2) is 9.78 Å². The Labute approximate surface area is 158 Å². The van der Waals surface area contributed by atoms with Crippen molar-refractivity contribution in [2.45, 2.75) is 10.6 Å². The molecule has 0 spiro atoms. The molecule has 0 saturated carbocycles. The van der Waals surface area contributed by atoms with Gasteiger partial charge in [-0.25, -0.2) is 0 Å². The second kappa shape index (κ2) is 7.62. The summed E-state index contributed by atoms with van der Waals surface area (Å²) in [5.41, 5.74) is 1.39. The molecule has 0 aliphatic heterocycles. The van der Waals surface area contributed by atoms with E-state index in [4.69, 9.17) is 34.8 Å². The van der Waals surface area contributed by atoms with Crippen LogP contribution in [0, 0.1) is 0 Å². The average Bonchev–Trinajstić information content (AvgIpc) is 2.58. The topological polar surface area (TPSA) is 34.9 Å². The van der Waals surface area contributed by atoms with E-state index in [1.54, 1.807) is 12.1 Å². The molecular weight excluding hydrogens is 387 g/mol. The van der Waals surface area contributed by atoms with Gasteiger partial charge in [0, 0.05) is 5.75 Å². The third-order valence-corrected chi connectivity index (χ3v) is 5.56. The molecule has 122 valence electrons. The van der Waals surface area contributed by atoms with Crippen LogP contribution in [-0.2, 0) is 5.75 Å². The molecule has 0 atom stereocenters. The zero-order valence-corrected chi connectivity index (χ0v) is 15.3. The molecule has 1 heterocycles. The third-order valence-electron chi connectivity index (χ3n) is 3.26. The van der Waals surface area contributed by atoms with Gasteiger partial charge in [0.25, 0.3) is 5.56 Å². The van der Waals surface area contributed by atoms with Crippen molar-refractivity contribution >= 4 is 46.6 Å². The largest absolute Gasteiger partial charge is 0.286 e. The van der Waals surface area contributed by atoms with Crippen LogP contribution in [0.2, 0.25) is 15.1 Å². The summed E-state index contributed by atoms with van der Waals surface area (Å²) in [6.07, 6.45) is 1.48. The molecule has 3 nitrogen and oxygen atoms in total. The van der Waals surface area contributed by atoms with Gasteiger partial charge in [0.2, 0.25) is 0 Å². The highest BCUT2D eigenvalue weighted by atomic mass is 35.5. The minimum Gasteiger partial charge on any atom is -0.266 e. The number of para-hydroxylation sites is 1. The van der Waals surface area contributed by atoms with Gasteiger partial charge in [-0.1, -0.05) is 59.1 Å². The molecule has 0 bridgehead atoms. The van der Waals surface area contributed by atoms with E-state index in [0.29, 0.717) is 31.4 Å². The van der Waals surface area contributed by atoms with E-state index in [-0.39, 0.29) is 5.56 Å². The van der Waals surface area contributed by atoms with Gasteiger partial charge >= 0.3 is 0 Å². The van der Waals surface area contributed by atoms with Crippen LogP contribution >= 0.6 is 46.6 Å². The van der Waals surface area contributed by atoms with Crippen LogP contribution < -0.4 is 5.56 Å². The molecule has 0 aliphatic rings. The summed E-state index contributed by atoms with van der Waals surface area (Å²) in [5.74, 6) is 0.546. The number of hydrogen-bond donors (Lipinski definition) is 0. The van der Waals surface area contributed by atoms with Gasteiger partial charge in [-0.05, 0) is 29.8 Å². The minimum atomic E-state index is -0.251. The van der Waals surface area contributed by atoms with E-state index < -0.39 is 0 Å². The van der Waals surface area contributed by atoms with Crippen molar-refractivity contribution < 1.29 is 0 Å². The Bertz CT molecular complexity index is 929. The second-order valence-electron chi connectivity index (χ2n) is 4.91. The summed E-state index contributed by atoms with van der Waals surface area (Å²) in [6, 6.07) is 14.6. The molecule has 0 fully saturated rings. The highest BCUT2D eigenvalue weighted by Crippen LogP contribution is 2.29. The molecule has 3 rings (SSSR count). The van der Waals surface area contributed by atoms with Crippen LogP contribution in [0.1, 0.15) is 5.56 Å². The van der Waals surface area contributed by atoms with Crippen molar-refractivity contribution in [3.8, 4) is 5.69 Å². The predicted octanol–water partition coefficient (Wildman–Crippen LogP) is 5.49. The molecule has 24 heavy (non-hydrogen) atoms. The van der Waals surface area contributed by atoms with E-state index in [1.165, 1.54) is 22.6 Å². The van der Waals surface area contributed by atoms with Crippen LogP contribution in [0.5, 0.6) is 0 Å². The van der Waals surface area contributed by atoms with Crippen molar-refractivity contribution in [2.75, 3.05) is 0 Å². The molecule has 0 saturated heterocycles. The van der Waals surface area contributed by atoms with Crippen LogP contribution in [0.15, 0.2) is 64.4 Å². The van der Waals surface area contributed by atoms with Gasteiger partial charge in [-0.3, -0.25) is 4.79 Å². The first kappa shape index (κ1) is 17.4. The molecule has 7 heteroatoms. The average molecular weight is 398 g/mol. The van der Waals surface area contributed by atoms with E-state index in [1.807, 2.05) is 36.4 Å². The smallest absolute Gasteiger partial charge is 0.266 e. The van der Waals surface area contributed by atoms with Gasteiger partial charge in [0.05, 0.1) is 31.8 Å². The summed E-state index contributed by atoms with van der Waals surface area (Å²) >= 11 is 19.4. The first-order valence-electron chi connectivity index (χ1n) is 6.96. The Balaban J connectivity index is 1.90. The Morgan fingerprint density at radius 1 is 0.958 bits per heavy atom. The van der Waals surface area contributed by atoms with E-state index >= 15 is 0 Å². The minimum absolute atomic E-state index is 0.251. The fourth-order valence-corrected chi connectivity index (χ4v) is 3.59. The first-order chi connectivity index (χ1) is 11.6. The van der Waals surface area contributed by atoms with Crippen molar-refractivity contribution in [3.05, 3.63) is 85.7 Å². The standard InChI is InChI=1S/C17H11Cl3N2OS/c18-13-7-6-11(8-14(13)19)10-24-16-15(20)9-21-22(17(16)23)12-4-2-1-3-5-12/h1-9H,10H2. The Hall–Kier alpha value is -1.46. The molecule has 1 aromatic heterocycles. The fraction of sp³-hybridized carbons (Fsp3) is 0.0588. The lowest BCUT2D eigenvalue weighted by Crippen LogP contribution is -2.22. The van der Waals surface area contributed by atoms with Gasteiger partial charge in [0.1, 0.15) is 0 Å². The van der Waals surface area contributed by atoms with E-state index in [9.17, 15) is 4.79 Å². The van der Waals surface area contributed by atoms with Crippen molar-refractivity contribution in [1.82, 2.24) is 9.78 Å². The second-order valence-corrected chi connectivity index (χ2v) is 7.12. The number of thioether (sulfide) groups is 1. The Kier molecular flexibility index (Phi) is 5.51. The number of halogens is 3. The lowest BCUT2D eigenvalue weighted by Gasteiger charge is -2.09. The lowest BCUT2D eigenvalue weighted by atomic mass is 10.2. The maximum atomic E-state index is 12.7. The van der Waals surface area contributed by atoms with Crippen LogP contribution in [0.4, 0.5) is 0 Å². The molecule has 0 N–H and O–H groups in total. The molecular formula is C17H11Cl3N2OS. The predicted molar refractivity (Wildman–Crippen MR) is 101 cm³/mol. The van der Waals surface area contributed by atoms with Gasteiger partial charge < -0.3 is 0 Å². The Morgan fingerprint density at radius 3 is 2.42 bits per heavy atom. The van der Waals surface area contributed by atoms with E-state index in [2.05, 4.69) is 5.10 Å². The molecule has 0 radical (unpaired) electrons. The number of benzene rings is 2. The number of aromatic nitrogens is 2. The molecule has 3 aromatic rings. The van der Waals surface area contributed by atoms with Gasteiger partial charge in [-0.2, -0.15) is 9.78 Å². The summed E-state index contributed by atoms with van der Waals surface area (Å²) in [7, 11) is 0. The summed E-state index contributed by atoms with van der Waals surface area (Å²) in [5, 5.41) is 5.42. The lowest BCUT2D eigenvalue weighted by molar-refractivity contribution is 0.782. The SMILES string of the molecule is O=c1c(SCc2ccc(Cl)c(Cl)c2)c(Cl)cnn1-c1ccccc1. The van der Waals surface area contributed by atoms with Crippen LogP contribution in [0.3, 0.4) is 0 Å². The van der Waals surface area contributed by atoms with Crippen LogP contribution in [0.25, 0.3) is 5.69 Å². The van der Waals surface area contributed by atoms with Gasteiger partial charge in [0.15, 0.2) is 0 Å². The summed E-state index contributed by atoms with van der Waals surface area (Å²) in [4.78, 5) is 13.1. The molecule has 0 unspecified atom stereocenters. The maximum absolute atomic E-state index is 12.7. The maximum Gasteiger partial charge on any atom is 0.286 e. The third kappa shape index (κ3) is 3.78. The van der Waals surface area contributed by atoms with Crippen molar-refractivity contribution in [3.63, 3.8) is 0 Å². The van der Waals surface area contributed by atoms with E-state index in [0.717, 1.165) is 5.56 Å². The summed E-state index contributed by atoms with van der Waals surface area (Å²) < 4.78 is 1.34. The highest BCUT2D eigenvalue weighted by molar-refractivity contribution is 7.98. The number of hydrogen-bond acceptors (Lipinski definition) is 3. The highest BCUT2D eigenvalue weighted by Gasteiger charge is 2.12. The van der Waals surface area contributed by atoms with Gasteiger partial charge in [-0.15, -0.1) is 11.8 Å². The monoisotopic (exact) mass is 396 g/mol. The Morgan fingerprint density at radius 2 is 1.71 bits per heavy atom. The number of rotatable bonds is 4. The fourth-order valence-electron chi connectivity index (χ4n) is 2.09.